The van der Waals surface area contributed by atoms with Crippen LogP contribution in [0, 0.1) is 23.1 Å². The van der Waals surface area contributed by atoms with Crippen molar-refractivity contribution in [2.45, 2.75) is 43.1 Å². The van der Waals surface area contributed by atoms with E-state index in [0.717, 1.165) is 6.07 Å². The fourth-order valence-corrected chi connectivity index (χ4v) is 4.08. The van der Waals surface area contributed by atoms with Crippen LogP contribution in [0.5, 0.6) is 0 Å². The summed E-state index contributed by atoms with van der Waals surface area (Å²) in [6.45, 7) is 0.0878. The summed E-state index contributed by atoms with van der Waals surface area (Å²) in [5.41, 5.74) is -0.542. The minimum atomic E-state index is -4.67. The molecule has 1 aromatic carbocycles. The highest BCUT2D eigenvalue weighted by molar-refractivity contribution is 5.37. The van der Waals surface area contributed by atoms with E-state index < -0.39 is 42.1 Å². The highest BCUT2D eigenvalue weighted by Gasteiger charge is 2.56. The van der Waals surface area contributed by atoms with Crippen LogP contribution in [-0.4, -0.2) is 42.7 Å². The van der Waals surface area contributed by atoms with Gasteiger partial charge in [-0.15, -0.1) is 0 Å². The third-order valence-corrected chi connectivity index (χ3v) is 5.43. The van der Waals surface area contributed by atoms with E-state index in [2.05, 4.69) is 5.32 Å². The van der Waals surface area contributed by atoms with Crippen molar-refractivity contribution in [3.8, 4) is 6.07 Å². The summed E-state index contributed by atoms with van der Waals surface area (Å²) in [6, 6.07) is 5.57. The van der Waals surface area contributed by atoms with Gasteiger partial charge < -0.3 is 15.2 Å². The molecule has 2 aliphatic rings. The largest absolute Gasteiger partial charge is 0.396 e. The minimum absolute atomic E-state index is 0.0483. The molecule has 2 aliphatic heterocycles. The predicted molar refractivity (Wildman–Crippen MR) is 84.8 cm³/mol. The molecular weight excluding hydrogens is 352 g/mol. The third kappa shape index (κ3) is 3.56. The smallest absolute Gasteiger partial charge is 0.396 e. The Balaban J connectivity index is 2.03. The number of aliphatic hydroxyl groups excluding tert-OH is 1. The van der Waals surface area contributed by atoms with Gasteiger partial charge in [0.1, 0.15) is 11.7 Å². The molecule has 0 bridgehead atoms. The monoisotopic (exact) mass is 372 g/mol. The molecule has 26 heavy (non-hydrogen) atoms. The van der Waals surface area contributed by atoms with Gasteiger partial charge in [-0.1, -0.05) is 0 Å². The van der Waals surface area contributed by atoms with E-state index in [-0.39, 0.29) is 17.5 Å². The summed E-state index contributed by atoms with van der Waals surface area (Å²) < 4.78 is 60.7. The van der Waals surface area contributed by atoms with Gasteiger partial charge in [-0.25, -0.2) is 4.39 Å². The number of nitriles is 1. The van der Waals surface area contributed by atoms with Crippen LogP contribution in [0.4, 0.5) is 17.6 Å². The number of nitrogens with zero attached hydrogens (tertiary/aromatic N) is 1. The number of piperidine rings is 1. The van der Waals surface area contributed by atoms with Crippen LogP contribution < -0.4 is 5.32 Å². The second kappa shape index (κ2) is 7.14. The van der Waals surface area contributed by atoms with Gasteiger partial charge in [0, 0.05) is 5.92 Å². The fourth-order valence-electron chi connectivity index (χ4n) is 4.08. The van der Waals surface area contributed by atoms with Crippen molar-refractivity contribution in [3.63, 3.8) is 0 Å². The molecule has 0 aromatic heterocycles. The minimum Gasteiger partial charge on any atom is -0.396 e. The summed E-state index contributed by atoms with van der Waals surface area (Å²) in [5.74, 6) is -3.64. The quantitative estimate of drug-likeness (QED) is 0.801. The van der Waals surface area contributed by atoms with Crippen LogP contribution in [0.25, 0.3) is 0 Å². The Labute approximate surface area is 148 Å². The second-order valence-corrected chi connectivity index (χ2v) is 7.00. The van der Waals surface area contributed by atoms with Gasteiger partial charge >= 0.3 is 6.18 Å². The van der Waals surface area contributed by atoms with Gasteiger partial charge in [0.05, 0.1) is 29.9 Å². The van der Waals surface area contributed by atoms with E-state index in [9.17, 15) is 22.7 Å². The molecule has 2 N–H and O–H groups in total. The van der Waals surface area contributed by atoms with E-state index in [1.165, 1.54) is 12.1 Å². The Bertz CT molecular complexity index is 695. The fraction of sp³-hybridized carbons (Fsp3) is 0.611. The number of alkyl halides is 3. The molecule has 2 saturated heterocycles. The molecule has 0 radical (unpaired) electrons. The average molecular weight is 372 g/mol. The lowest BCUT2D eigenvalue weighted by Crippen LogP contribution is -2.44. The SMILES string of the molecule is N#Cc1ccc(F)c(C2CC3(CCNCC3)O[C@H]2C(CO)C(F)(F)F)c1. The maximum absolute atomic E-state index is 14.4. The van der Waals surface area contributed by atoms with Gasteiger partial charge in [0.15, 0.2) is 0 Å². The van der Waals surface area contributed by atoms with Crippen LogP contribution in [0.15, 0.2) is 18.2 Å². The average Bonchev–Trinajstić information content (AvgIpc) is 2.93. The Hall–Kier alpha value is -1.69. The molecule has 2 fully saturated rings. The van der Waals surface area contributed by atoms with E-state index in [4.69, 9.17) is 10.00 Å². The number of rotatable bonds is 3. The first-order chi connectivity index (χ1) is 12.3. The molecule has 3 atom stereocenters. The molecule has 0 amide bonds. The number of nitrogens with one attached hydrogen (secondary N) is 1. The second-order valence-electron chi connectivity index (χ2n) is 7.00. The summed E-state index contributed by atoms with van der Waals surface area (Å²) in [4.78, 5) is 0. The zero-order valence-electron chi connectivity index (χ0n) is 14.0. The highest BCUT2D eigenvalue weighted by Crippen LogP contribution is 2.51. The summed E-state index contributed by atoms with van der Waals surface area (Å²) in [7, 11) is 0. The van der Waals surface area contributed by atoms with Crippen molar-refractivity contribution in [3.05, 3.63) is 35.1 Å². The lowest BCUT2D eigenvalue weighted by molar-refractivity contribution is -0.224. The van der Waals surface area contributed by atoms with Crippen LogP contribution >= 0.6 is 0 Å². The van der Waals surface area contributed by atoms with Gasteiger partial charge in [-0.2, -0.15) is 18.4 Å². The van der Waals surface area contributed by atoms with Crippen molar-refractivity contribution in [2.24, 2.45) is 5.92 Å². The number of hydrogen-bond donors (Lipinski definition) is 2. The first kappa shape index (κ1) is 19.1. The molecular formula is C18H20F4N2O2. The van der Waals surface area contributed by atoms with Crippen LogP contribution in [0.2, 0.25) is 0 Å². The van der Waals surface area contributed by atoms with Gasteiger partial charge in [0.25, 0.3) is 0 Å². The first-order valence-electron chi connectivity index (χ1n) is 8.55. The number of aliphatic hydroxyl groups is 1. The van der Waals surface area contributed by atoms with Gasteiger partial charge in [-0.3, -0.25) is 0 Å². The lowest BCUT2D eigenvalue weighted by Gasteiger charge is -2.35. The molecule has 0 aliphatic carbocycles. The standard InChI is InChI=1S/C18H20F4N2O2/c19-15-2-1-11(9-23)7-12(15)13-8-17(3-5-24-6-4-17)26-16(13)14(10-25)18(20,21)22/h1-2,7,13-14,16,24-25H,3-6,8,10H2/t13?,14?,16-/m1/s1. The van der Waals surface area contributed by atoms with E-state index >= 15 is 0 Å². The molecule has 1 spiro atoms. The number of benzene rings is 1. The first-order valence-corrected chi connectivity index (χ1v) is 8.55. The molecule has 3 rings (SSSR count). The Morgan fingerprint density at radius 1 is 1.35 bits per heavy atom. The molecule has 8 heteroatoms. The Morgan fingerprint density at radius 3 is 2.62 bits per heavy atom. The predicted octanol–water partition coefficient (Wildman–Crippen LogP) is 2.86. The lowest BCUT2D eigenvalue weighted by atomic mass is 9.79. The number of halogens is 4. The van der Waals surface area contributed by atoms with E-state index in [1.54, 1.807) is 0 Å². The van der Waals surface area contributed by atoms with Crippen molar-refractivity contribution >= 4 is 0 Å². The van der Waals surface area contributed by atoms with Crippen molar-refractivity contribution in [2.75, 3.05) is 19.7 Å². The summed E-state index contributed by atoms with van der Waals surface area (Å²) in [5, 5.41) is 21.6. The zero-order valence-corrected chi connectivity index (χ0v) is 14.0. The van der Waals surface area contributed by atoms with Crippen molar-refractivity contribution in [1.29, 1.82) is 5.26 Å². The van der Waals surface area contributed by atoms with E-state index in [0.29, 0.717) is 25.9 Å². The zero-order chi connectivity index (χ0) is 18.9. The van der Waals surface area contributed by atoms with Crippen LogP contribution in [0.3, 0.4) is 0 Å². The van der Waals surface area contributed by atoms with Crippen molar-refractivity contribution < 1.29 is 27.4 Å². The highest BCUT2D eigenvalue weighted by atomic mass is 19.4. The normalized spacial score (nSPS) is 26.6. The maximum Gasteiger partial charge on any atom is 0.396 e. The van der Waals surface area contributed by atoms with Crippen LogP contribution in [0.1, 0.15) is 36.3 Å². The number of ether oxygens (including phenoxy) is 1. The summed E-state index contributed by atoms with van der Waals surface area (Å²) in [6.07, 6.45) is -4.77. The number of hydrogen-bond acceptors (Lipinski definition) is 4. The molecule has 142 valence electrons. The topological polar surface area (TPSA) is 65.3 Å². The molecule has 4 nitrogen and oxygen atoms in total. The van der Waals surface area contributed by atoms with E-state index in [1.807, 2.05) is 6.07 Å². The Kier molecular flexibility index (Phi) is 5.24. The van der Waals surface area contributed by atoms with Crippen LogP contribution in [-0.2, 0) is 4.74 Å². The van der Waals surface area contributed by atoms with Crippen molar-refractivity contribution in [1.82, 2.24) is 5.32 Å². The molecule has 1 aromatic rings. The Morgan fingerprint density at radius 2 is 2.04 bits per heavy atom. The third-order valence-electron chi connectivity index (χ3n) is 5.43. The maximum atomic E-state index is 14.4. The van der Waals surface area contributed by atoms with Gasteiger partial charge in [0.2, 0.25) is 0 Å². The summed E-state index contributed by atoms with van der Waals surface area (Å²) >= 11 is 0. The molecule has 2 heterocycles. The van der Waals surface area contributed by atoms with Gasteiger partial charge in [-0.05, 0) is 56.1 Å². The molecule has 0 saturated carbocycles. The molecule has 2 unspecified atom stereocenters.